The van der Waals surface area contributed by atoms with Crippen LogP contribution in [-0.4, -0.2) is 22.8 Å². The standard InChI is InChI=1S/C17H17FN2O3/c1-13(21)22-16(23-15-7-5-14(18)6-8-15)9-11-17(2)10-3-4-12-20(17)19/h3-8,10,12,16H,19H2,1-2H3. The second kappa shape index (κ2) is 6.99. The number of hydrazine groups is 1. The van der Waals surface area contributed by atoms with E-state index in [-0.39, 0.29) is 0 Å². The highest BCUT2D eigenvalue weighted by molar-refractivity contribution is 5.66. The topological polar surface area (TPSA) is 64.8 Å². The van der Waals surface area contributed by atoms with Crippen molar-refractivity contribution in [2.45, 2.75) is 25.7 Å². The molecule has 1 heterocycles. The second-order valence-corrected chi connectivity index (χ2v) is 5.04. The van der Waals surface area contributed by atoms with Gasteiger partial charge in [-0.15, -0.1) is 0 Å². The first-order chi connectivity index (χ1) is 10.9. The van der Waals surface area contributed by atoms with Gasteiger partial charge in [-0.3, -0.25) is 9.80 Å². The lowest BCUT2D eigenvalue weighted by molar-refractivity contribution is -0.154. The minimum atomic E-state index is -1.12. The number of carbonyl (C=O) groups excluding carboxylic acids is 1. The van der Waals surface area contributed by atoms with E-state index < -0.39 is 23.6 Å². The highest BCUT2D eigenvalue weighted by Gasteiger charge is 2.24. The zero-order chi connectivity index (χ0) is 16.9. The van der Waals surface area contributed by atoms with Crippen LogP contribution >= 0.6 is 0 Å². The first-order valence-corrected chi connectivity index (χ1v) is 6.91. The molecule has 6 heteroatoms. The van der Waals surface area contributed by atoms with Gasteiger partial charge in [-0.05, 0) is 49.3 Å². The molecule has 0 spiro atoms. The second-order valence-electron chi connectivity index (χ2n) is 5.04. The Hall–Kier alpha value is -2.78. The fraction of sp³-hybridized carbons (Fsp3) is 0.235. The van der Waals surface area contributed by atoms with E-state index in [4.69, 9.17) is 15.3 Å². The molecule has 0 amide bonds. The third kappa shape index (κ3) is 4.59. The van der Waals surface area contributed by atoms with Gasteiger partial charge in [0, 0.05) is 13.1 Å². The van der Waals surface area contributed by atoms with Crippen LogP contribution in [0.2, 0.25) is 0 Å². The van der Waals surface area contributed by atoms with Gasteiger partial charge in [0.05, 0.1) is 0 Å². The largest absolute Gasteiger partial charge is 0.444 e. The van der Waals surface area contributed by atoms with E-state index in [0.29, 0.717) is 5.75 Å². The van der Waals surface area contributed by atoms with E-state index in [2.05, 4.69) is 11.8 Å². The number of halogens is 1. The number of hydrogen-bond donors (Lipinski definition) is 1. The number of benzene rings is 1. The highest BCUT2D eigenvalue weighted by atomic mass is 19.1. The monoisotopic (exact) mass is 316 g/mol. The van der Waals surface area contributed by atoms with Crippen molar-refractivity contribution in [2.24, 2.45) is 5.84 Å². The smallest absolute Gasteiger partial charge is 0.308 e. The summed E-state index contributed by atoms with van der Waals surface area (Å²) in [6, 6.07) is 5.33. The van der Waals surface area contributed by atoms with Crippen molar-refractivity contribution in [3.8, 4) is 17.6 Å². The van der Waals surface area contributed by atoms with Crippen LogP contribution in [0.4, 0.5) is 4.39 Å². The van der Waals surface area contributed by atoms with Gasteiger partial charge in [-0.2, -0.15) is 0 Å². The Labute approximate surface area is 134 Å². The molecule has 1 aromatic carbocycles. The number of esters is 1. The average Bonchev–Trinajstić information content (AvgIpc) is 2.50. The molecule has 0 saturated carbocycles. The summed E-state index contributed by atoms with van der Waals surface area (Å²) in [5.41, 5.74) is -0.751. The van der Waals surface area contributed by atoms with Gasteiger partial charge < -0.3 is 9.47 Å². The maximum Gasteiger partial charge on any atom is 0.308 e. The lowest BCUT2D eigenvalue weighted by Crippen LogP contribution is -2.46. The number of nitrogens with two attached hydrogens (primary N) is 1. The molecule has 0 fully saturated rings. The Morgan fingerprint density at radius 1 is 1.35 bits per heavy atom. The first kappa shape index (κ1) is 16.6. The van der Waals surface area contributed by atoms with Crippen LogP contribution in [0.25, 0.3) is 0 Å². The maximum atomic E-state index is 12.9. The number of ether oxygens (including phenoxy) is 2. The van der Waals surface area contributed by atoms with Crippen molar-refractivity contribution < 1.29 is 18.7 Å². The molecule has 5 nitrogen and oxygen atoms in total. The lowest BCUT2D eigenvalue weighted by atomic mass is 10.00. The summed E-state index contributed by atoms with van der Waals surface area (Å²) < 4.78 is 23.4. The summed E-state index contributed by atoms with van der Waals surface area (Å²) in [4.78, 5) is 11.2. The maximum absolute atomic E-state index is 12.9. The Kier molecular flexibility index (Phi) is 5.04. The summed E-state index contributed by atoms with van der Waals surface area (Å²) in [5, 5.41) is 1.43. The number of nitrogens with zero attached hydrogens (tertiary/aromatic N) is 1. The molecule has 2 rings (SSSR count). The Morgan fingerprint density at radius 3 is 2.65 bits per heavy atom. The van der Waals surface area contributed by atoms with E-state index >= 15 is 0 Å². The van der Waals surface area contributed by atoms with Crippen LogP contribution in [0.5, 0.6) is 5.75 Å². The van der Waals surface area contributed by atoms with Gasteiger partial charge in [-0.1, -0.05) is 12.0 Å². The molecule has 0 saturated heterocycles. The van der Waals surface area contributed by atoms with Crippen LogP contribution in [0.1, 0.15) is 13.8 Å². The zero-order valence-corrected chi connectivity index (χ0v) is 12.8. The number of rotatable bonds is 3. The van der Waals surface area contributed by atoms with Crippen molar-refractivity contribution in [2.75, 3.05) is 0 Å². The number of carbonyl (C=O) groups is 1. The quantitative estimate of drug-likeness (QED) is 0.400. The fourth-order valence-electron chi connectivity index (χ4n) is 1.81. The van der Waals surface area contributed by atoms with Gasteiger partial charge in [0.2, 0.25) is 0 Å². The van der Waals surface area contributed by atoms with E-state index in [1.54, 1.807) is 12.3 Å². The van der Waals surface area contributed by atoms with Gasteiger partial charge in [0.1, 0.15) is 17.1 Å². The van der Waals surface area contributed by atoms with Crippen molar-refractivity contribution >= 4 is 5.97 Å². The SMILES string of the molecule is CC(=O)OC(C#CC1(C)C=CC=CN1N)Oc1ccc(F)cc1. The third-order valence-corrected chi connectivity index (χ3v) is 3.09. The molecule has 1 aromatic rings. The molecule has 1 aliphatic heterocycles. The molecule has 2 N–H and O–H groups in total. The van der Waals surface area contributed by atoms with Crippen LogP contribution in [0, 0.1) is 17.7 Å². The highest BCUT2D eigenvalue weighted by Crippen LogP contribution is 2.17. The molecule has 120 valence electrons. The molecule has 0 bridgehead atoms. The van der Waals surface area contributed by atoms with Crippen LogP contribution in [-0.2, 0) is 9.53 Å². The Morgan fingerprint density at radius 2 is 2.04 bits per heavy atom. The summed E-state index contributed by atoms with van der Waals surface area (Å²) in [6.45, 7) is 3.06. The van der Waals surface area contributed by atoms with E-state index in [9.17, 15) is 9.18 Å². The molecule has 0 radical (unpaired) electrons. The van der Waals surface area contributed by atoms with Crippen molar-refractivity contribution in [1.29, 1.82) is 0 Å². The average molecular weight is 316 g/mol. The van der Waals surface area contributed by atoms with E-state index in [1.807, 2.05) is 19.1 Å². The van der Waals surface area contributed by atoms with Crippen molar-refractivity contribution in [3.63, 3.8) is 0 Å². The summed E-state index contributed by atoms with van der Waals surface area (Å²) in [5.74, 6) is 10.9. The molecule has 2 unspecified atom stereocenters. The lowest BCUT2D eigenvalue weighted by Gasteiger charge is -2.31. The molecule has 1 aliphatic rings. The third-order valence-electron chi connectivity index (χ3n) is 3.09. The number of allylic oxidation sites excluding steroid dienone is 2. The van der Waals surface area contributed by atoms with Crippen molar-refractivity contribution in [3.05, 3.63) is 54.5 Å². The molecule has 2 atom stereocenters. The molecular formula is C17H17FN2O3. The Balaban J connectivity index is 2.18. The Bertz CT molecular complexity index is 688. The summed E-state index contributed by atoms with van der Waals surface area (Å²) in [7, 11) is 0. The van der Waals surface area contributed by atoms with Crippen LogP contribution in [0.3, 0.4) is 0 Å². The summed E-state index contributed by atoms with van der Waals surface area (Å²) in [6.07, 6.45) is 5.96. The van der Waals surface area contributed by atoms with E-state index in [0.717, 1.165) is 0 Å². The fourth-order valence-corrected chi connectivity index (χ4v) is 1.81. The molecule has 0 aromatic heterocycles. The predicted octanol–water partition coefficient (Wildman–Crippen LogP) is 2.12. The van der Waals surface area contributed by atoms with Crippen LogP contribution < -0.4 is 10.6 Å². The molecule has 0 aliphatic carbocycles. The molecular weight excluding hydrogens is 299 g/mol. The zero-order valence-electron chi connectivity index (χ0n) is 12.8. The molecule has 23 heavy (non-hydrogen) atoms. The van der Waals surface area contributed by atoms with E-state index in [1.165, 1.54) is 36.2 Å². The van der Waals surface area contributed by atoms with Gasteiger partial charge in [-0.25, -0.2) is 10.2 Å². The van der Waals surface area contributed by atoms with Gasteiger partial charge in [0.15, 0.2) is 0 Å². The summed E-state index contributed by atoms with van der Waals surface area (Å²) >= 11 is 0. The predicted molar refractivity (Wildman–Crippen MR) is 83.1 cm³/mol. The minimum absolute atomic E-state index is 0.334. The van der Waals surface area contributed by atoms with Gasteiger partial charge in [0.25, 0.3) is 0 Å². The minimum Gasteiger partial charge on any atom is -0.444 e. The first-order valence-electron chi connectivity index (χ1n) is 6.91. The van der Waals surface area contributed by atoms with Crippen molar-refractivity contribution in [1.82, 2.24) is 5.01 Å². The number of hydrogen-bond acceptors (Lipinski definition) is 5. The van der Waals surface area contributed by atoms with Crippen LogP contribution in [0.15, 0.2) is 48.7 Å². The van der Waals surface area contributed by atoms with Gasteiger partial charge >= 0.3 is 12.3 Å². The normalized spacial score (nSPS) is 20.4.